The molecule has 0 aliphatic carbocycles. The van der Waals surface area contributed by atoms with Gasteiger partial charge in [0.2, 0.25) is 11.8 Å². The lowest BCUT2D eigenvalue weighted by molar-refractivity contribution is -0.123. The van der Waals surface area contributed by atoms with E-state index in [1.807, 2.05) is 20.8 Å². The quantitative estimate of drug-likeness (QED) is 0.273. The van der Waals surface area contributed by atoms with Gasteiger partial charge in [-0.2, -0.15) is 0 Å². The second-order valence-electron chi connectivity index (χ2n) is 6.48. The van der Waals surface area contributed by atoms with Gasteiger partial charge in [0.15, 0.2) is 0 Å². The van der Waals surface area contributed by atoms with E-state index >= 15 is 0 Å². The SMILES string of the molecule is CC(C)(C)NC(=O)CCOCCOCCOCCOCCNC(=O)CBr. The summed E-state index contributed by atoms with van der Waals surface area (Å²) in [5, 5.41) is 5.86. The van der Waals surface area contributed by atoms with Gasteiger partial charge in [0.25, 0.3) is 0 Å². The van der Waals surface area contributed by atoms with Gasteiger partial charge in [-0.1, -0.05) is 15.9 Å². The van der Waals surface area contributed by atoms with E-state index in [1.165, 1.54) is 0 Å². The van der Waals surface area contributed by atoms with Crippen molar-refractivity contribution in [1.29, 1.82) is 0 Å². The Kier molecular flexibility index (Phi) is 16.0. The van der Waals surface area contributed by atoms with E-state index < -0.39 is 0 Å². The van der Waals surface area contributed by atoms with Crippen LogP contribution in [-0.2, 0) is 28.5 Å². The van der Waals surface area contributed by atoms with E-state index in [0.29, 0.717) is 71.2 Å². The predicted octanol–water partition coefficient (Wildman–Crippen LogP) is 0.869. The fourth-order valence-corrected chi connectivity index (χ4v) is 1.92. The van der Waals surface area contributed by atoms with Crippen molar-refractivity contribution < 1.29 is 28.5 Å². The first-order chi connectivity index (χ1) is 12.3. The van der Waals surface area contributed by atoms with Crippen molar-refractivity contribution in [2.24, 2.45) is 0 Å². The number of hydrogen-bond acceptors (Lipinski definition) is 6. The first-order valence-electron chi connectivity index (χ1n) is 8.80. The van der Waals surface area contributed by atoms with Gasteiger partial charge in [-0.25, -0.2) is 0 Å². The van der Waals surface area contributed by atoms with Gasteiger partial charge in [0.05, 0.1) is 58.2 Å². The Bertz CT molecular complexity index is 377. The highest BCUT2D eigenvalue weighted by Gasteiger charge is 2.12. The molecule has 0 rings (SSSR count). The molecule has 0 aliphatic heterocycles. The first-order valence-corrected chi connectivity index (χ1v) is 9.92. The zero-order valence-corrected chi connectivity index (χ0v) is 17.7. The third kappa shape index (κ3) is 19.6. The van der Waals surface area contributed by atoms with Crippen LogP contribution < -0.4 is 10.6 Å². The Labute approximate surface area is 164 Å². The smallest absolute Gasteiger partial charge is 0.230 e. The van der Waals surface area contributed by atoms with Crippen LogP contribution in [0.1, 0.15) is 27.2 Å². The average molecular weight is 441 g/mol. The number of rotatable bonds is 16. The van der Waals surface area contributed by atoms with E-state index in [2.05, 4.69) is 26.6 Å². The molecule has 0 aromatic carbocycles. The largest absolute Gasteiger partial charge is 0.379 e. The Morgan fingerprint density at radius 1 is 0.769 bits per heavy atom. The summed E-state index contributed by atoms with van der Waals surface area (Å²) in [6, 6.07) is 0. The highest BCUT2D eigenvalue weighted by molar-refractivity contribution is 9.09. The summed E-state index contributed by atoms with van der Waals surface area (Å²) in [7, 11) is 0. The number of alkyl halides is 1. The van der Waals surface area contributed by atoms with Crippen LogP contribution in [0.15, 0.2) is 0 Å². The zero-order chi connectivity index (χ0) is 19.7. The molecule has 0 unspecified atom stereocenters. The van der Waals surface area contributed by atoms with E-state index in [9.17, 15) is 9.59 Å². The molecule has 0 aromatic rings. The Hall–Kier alpha value is -0.740. The van der Waals surface area contributed by atoms with Crippen molar-refractivity contribution in [1.82, 2.24) is 10.6 Å². The van der Waals surface area contributed by atoms with E-state index in [4.69, 9.17) is 18.9 Å². The fraction of sp³-hybridized carbons (Fsp3) is 0.882. The van der Waals surface area contributed by atoms with Crippen molar-refractivity contribution in [2.75, 3.05) is 64.7 Å². The molecule has 0 aliphatic rings. The molecule has 0 spiro atoms. The molecule has 2 N–H and O–H groups in total. The van der Waals surface area contributed by atoms with E-state index in [1.54, 1.807) is 0 Å². The average Bonchev–Trinajstić information content (AvgIpc) is 2.56. The highest BCUT2D eigenvalue weighted by Crippen LogP contribution is 1.99. The van der Waals surface area contributed by atoms with Crippen LogP contribution in [0.2, 0.25) is 0 Å². The number of hydrogen-bond donors (Lipinski definition) is 2. The van der Waals surface area contributed by atoms with Gasteiger partial charge in [-0.3, -0.25) is 9.59 Å². The monoisotopic (exact) mass is 440 g/mol. The minimum atomic E-state index is -0.214. The Morgan fingerprint density at radius 2 is 1.23 bits per heavy atom. The Balaban J connectivity index is 3.18. The van der Waals surface area contributed by atoms with Crippen molar-refractivity contribution in [3.05, 3.63) is 0 Å². The van der Waals surface area contributed by atoms with Crippen molar-refractivity contribution in [3.63, 3.8) is 0 Å². The number of carbonyl (C=O) groups is 2. The summed E-state index contributed by atoms with van der Waals surface area (Å²) in [6.07, 6.45) is 0.347. The molecule has 0 radical (unpaired) electrons. The third-order valence-electron chi connectivity index (χ3n) is 2.79. The van der Waals surface area contributed by atoms with E-state index in [-0.39, 0.29) is 17.4 Å². The first kappa shape index (κ1) is 25.3. The summed E-state index contributed by atoms with van der Waals surface area (Å²) in [5.41, 5.74) is -0.214. The summed E-state index contributed by atoms with van der Waals surface area (Å²) in [5.74, 6) is -0.0707. The van der Waals surface area contributed by atoms with Gasteiger partial charge in [-0.15, -0.1) is 0 Å². The number of carbonyl (C=O) groups excluding carboxylic acids is 2. The maximum atomic E-state index is 11.6. The fourth-order valence-electron chi connectivity index (χ4n) is 1.72. The molecule has 26 heavy (non-hydrogen) atoms. The zero-order valence-electron chi connectivity index (χ0n) is 16.1. The van der Waals surface area contributed by atoms with Crippen LogP contribution in [0, 0.1) is 0 Å². The number of ether oxygens (including phenoxy) is 4. The lowest BCUT2D eigenvalue weighted by atomic mass is 10.1. The third-order valence-corrected chi connectivity index (χ3v) is 3.30. The summed E-state index contributed by atoms with van der Waals surface area (Å²) >= 11 is 3.06. The number of halogens is 1. The maximum Gasteiger partial charge on any atom is 0.230 e. The van der Waals surface area contributed by atoms with Gasteiger partial charge in [-0.05, 0) is 20.8 Å². The van der Waals surface area contributed by atoms with Gasteiger partial charge < -0.3 is 29.6 Å². The molecule has 154 valence electrons. The van der Waals surface area contributed by atoms with Crippen molar-refractivity contribution in [3.8, 4) is 0 Å². The molecular weight excluding hydrogens is 408 g/mol. The molecule has 9 heteroatoms. The lowest BCUT2D eigenvalue weighted by Crippen LogP contribution is -2.40. The minimum absolute atomic E-state index is 0.0143. The van der Waals surface area contributed by atoms with Crippen molar-refractivity contribution in [2.45, 2.75) is 32.7 Å². The molecule has 0 aromatic heterocycles. The summed E-state index contributed by atoms with van der Waals surface area (Å²) < 4.78 is 21.4. The number of nitrogens with one attached hydrogen (secondary N) is 2. The summed E-state index contributed by atoms with van der Waals surface area (Å²) in [6.45, 7) is 10.0. The molecular formula is C17H33BrN2O6. The second-order valence-corrected chi connectivity index (χ2v) is 7.04. The Morgan fingerprint density at radius 3 is 1.69 bits per heavy atom. The highest BCUT2D eigenvalue weighted by atomic mass is 79.9. The van der Waals surface area contributed by atoms with Gasteiger partial charge >= 0.3 is 0 Å². The molecule has 0 saturated heterocycles. The molecule has 0 heterocycles. The van der Waals surface area contributed by atoms with Gasteiger partial charge in [0, 0.05) is 18.5 Å². The molecule has 8 nitrogen and oxygen atoms in total. The van der Waals surface area contributed by atoms with Gasteiger partial charge in [0.1, 0.15) is 0 Å². The molecule has 2 amide bonds. The normalized spacial score (nSPS) is 11.4. The molecule has 0 atom stereocenters. The maximum absolute atomic E-state index is 11.6. The minimum Gasteiger partial charge on any atom is -0.379 e. The predicted molar refractivity (Wildman–Crippen MR) is 103 cm³/mol. The van der Waals surface area contributed by atoms with Crippen LogP contribution in [0.25, 0.3) is 0 Å². The van der Waals surface area contributed by atoms with Crippen LogP contribution >= 0.6 is 15.9 Å². The molecule has 0 bridgehead atoms. The standard InChI is InChI=1S/C17H33BrN2O6/c1-17(2,3)20-15(21)4-6-23-8-10-25-12-13-26-11-9-24-7-5-19-16(22)14-18/h4-14H2,1-3H3,(H,19,22)(H,20,21). The molecule has 0 saturated carbocycles. The van der Waals surface area contributed by atoms with Crippen LogP contribution in [0.5, 0.6) is 0 Å². The second kappa shape index (κ2) is 16.4. The summed E-state index contributed by atoms with van der Waals surface area (Å²) in [4.78, 5) is 22.5. The van der Waals surface area contributed by atoms with Crippen molar-refractivity contribution >= 4 is 27.7 Å². The van der Waals surface area contributed by atoms with Crippen LogP contribution in [0.3, 0.4) is 0 Å². The van der Waals surface area contributed by atoms with Crippen LogP contribution in [0.4, 0.5) is 0 Å². The molecule has 0 fully saturated rings. The van der Waals surface area contributed by atoms with Crippen LogP contribution in [-0.4, -0.2) is 82.1 Å². The topological polar surface area (TPSA) is 95.1 Å². The lowest BCUT2D eigenvalue weighted by Gasteiger charge is -2.20. The van der Waals surface area contributed by atoms with E-state index in [0.717, 1.165) is 0 Å². The number of amides is 2.